The van der Waals surface area contributed by atoms with Gasteiger partial charge in [0.25, 0.3) is 0 Å². The molecule has 0 saturated heterocycles. The monoisotopic (exact) mass is 267 g/mol. The maximum absolute atomic E-state index is 13.4. The lowest BCUT2D eigenvalue weighted by Gasteiger charge is -2.13. The number of halogens is 1. The molecule has 1 fully saturated rings. The molecule has 1 saturated carbocycles. The van der Waals surface area contributed by atoms with Crippen molar-refractivity contribution in [1.29, 1.82) is 0 Å². The van der Waals surface area contributed by atoms with Gasteiger partial charge in [0.05, 0.1) is 18.1 Å². The fourth-order valence-corrected chi connectivity index (χ4v) is 2.03. The lowest BCUT2D eigenvalue weighted by Crippen LogP contribution is -2.31. The van der Waals surface area contributed by atoms with Crippen molar-refractivity contribution in [3.8, 4) is 0 Å². The largest absolute Gasteiger partial charge is 0.386 e. The van der Waals surface area contributed by atoms with Crippen LogP contribution in [0.15, 0.2) is 24.3 Å². The average Bonchev–Trinajstić information content (AvgIpc) is 3.16. The minimum Gasteiger partial charge on any atom is -0.386 e. The molecule has 3 atom stereocenters. The molecule has 0 aliphatic heterocycles. The lowest BCUT2D eigenvalue weighted by atomic mass is 10.1. The Labute approximate surface area is 111 Å². The minimum absolute atomic E-state index is 0.00407. The summed E-state index contributed by atoms with van der Waals surface area (Å²) in [5.74, 6) is -0.746. The van der Waals surface area contributed by atoms with E-state index in [1.54, 1.807) is 12.1 Å². The summed E-state index contributed by atoms with van der Waals surface area (Å²) in [6, 6.07) is 6.00. The van der Waals surface area contributed by atoms with E-state index in [1.807, 2.05) is 6.92 Å². The van der Waals surface area contributed by atoms with Crippen LogP contribution in [0, 0.1) is 11.7 Å². The van der Waals surface area contributed by atoms with Crippen molar-refractivity contribution in [1.82, 2.24) is 5.32 Å². The first-order valence-electron chi connectivity index (χ1n) is 6.45. The SMILES string of the molecule is CCOC1CC1C(=O)NCC(O)c1ccccc1F. The summed E-state index contributed by atoms with van der Waals surface area (Å²) in [5.41, 5.74) is 0.194. The fourth-order valence-electron chi connectivity index (χ4n) is 2.03. The van der Waals surface area contributed by atoms with Crippen molar-refractivity contribution in [2.45, 2.75) is 25.6 Å². The first-order chi connectivity index (χ1) is 9.13. The van der Waals surface area contributed by atoms with E-state index in [1.165, 1.54) is 12.1 Å². The number of carbonyl (C=O) groups is 1. The van der Waals surface area contributed by atoms with Crippen LogP contribution in [0.2, 0.25) is 0 Å². The van der Waals surface area contributed by atoms with E-state index in [9.17, 15) is 14.3 Å². The maximum Gasteiger partial charge on any atom is 0.225 e. The Kier molecular flexibility index (Phi) is 4.50. The molecule has 1 aromatic carbocycles. The Balaban J connectivity index is 1.80. The third kappa shape index (κ3) is 3.52. The number of carbonyl (C=O) groups excluding carboxylic acids is 1. The van der Waals surface area contributed by atoms with Crippen LogP contribution in [0.5, 0.6) is 0 Å². The van der Waals surface area contributed by atoms with Crippen molar-refractivity contribution in [3.05, 3.63) is 35.6 Å². The van der Waals surface area contributed by atoms with Crippen molar-refractivity contribution in [2.75, 3.05) is 13.2 Å². The van der Waals surface area contributed by atoms with Gasteiger partial charge in [-0.2, -0.15) is 0 Å². The highest BCUT2D eigenvalue weighted by Crippen LogP contribution is 2.33. The summed E-state index contributed by atoms with van der Waals surface area (Å²) in [4.78, 5) is 11.7. The smallest absolute Gasteiger partial charge is 0.225 e. The summed E-state index contributed by atoms with van der Waals surface area (Å²) in [6.07, 6.45) is -0.319. The number of ether oxygens (including phenoxy) is 1. The van der Waals surface area contributed by atoms with E-state index in [0.29, 0.717) is 6.61 Å². The molecule has 0 heterocycles. The molecule has 0 bridgehead atoms. The Morgan fingerprint density at radius 1 is 1.58 bits per heavy atom. The zero-order chi connectivity index (χ0) is 13.8. The molecular weight excluding hydrogens is 249 g/mol. The van der Waals surface area contributed by atoms with E-state index >= 15 is 0 Å². The van der Waals surface area contributed by atoms with Gasteiger partial charge in [0.1, 0.15) is 5.82 Å². The van der Waals surface area contributed by atoms with Crippen LogP contribution in [0.1, 0.15) is 25.0 Å². The first-order valence-corrected chi connectivity index (χ1v) is 6.45. The van der Waals surface area contributed by atoms with Crippen LogP contribution < -0.4 is 5.32 Å². The number of hydrogen-bond acceptors (Lipinski definition) is 3. The minimum atomic E-state index is -1.03. The normalized spacial score (nSPS) is 22.9. The Hall–Kier alpha value is -1.46. The standard InChI is InChI=1S/C14H18FNO3/c1-2-19-13-7-10(13)14(18)16-8-12(17)9-5-3-4-6-11(9)15/h3-6,10,12-13,17H,2,7-8H2,1H3,(H,16,18). The second-order valence-electron chi connectivity index (χ2n) is 4.62. The van der Waals surface area contributed by atoms with Crippen LogP contribution in [-0.4, -0.2) is 30.3 Å². The average molecular weight is 267 g/mol. The molecular formula is C14H18FNO3. The predicted octanol–water partition coefficient (Wildman–Crippen LogP) is 1.40. The van der Waals surface area contributed by atoms with Gasteiger partial charge in [-0.05, 0) is 19.4 Å². The van der Waals surface area contributed by atoms with Crippen LogP contribution >= 0.6 is 0 Å². The third-order valence-electron chi connectivity index (χ3n) is 3.18. The number of rotatable bonds is 6. The molecule has 104 valence electrons. The molecule has 2 N–H and O–H groups in total. The van der Waals surface area contributed by atoms with Crippen molar-refractivity contribution in [3.63, 3.8) is 0 Å². The van der Waals surface area contributed by atoms with Gasteiger partial charge in [-0.3, -0.25) is 4.79 Å². The van der Waals surface area contributed by atoms with Gasteiger partial charge >= 0.3 is 0 Å². The first kappa shape index (κ1) is 14.0. The van der Waals surface area contributed by atoms with Gasteiger partial charge in [0, 0.05) is 18.7 Å². The molecule has 5 heteroatoms. The zero-order valence-electron chi connectivity index (χ0n) is 10.8. The van der Waals surface area contributed by atoms with Gasteiger partial charge in [-0.1, -0.05) is 18.2 Å². The summed E-state index contributed by atoms with van der Waals surface area (Å²) < 4.78 is 18.7. The predicted molar refractivity (Wildman–Crippen MR) is 67.9 cm³/mol. The molecule has 19 heavy (non-hydrogen) atoms. The molecule has 0 spiro atoms. The summed E-state index contributed by atoms with van der Waals surface area (Å²) in [7, 11) is 0. The van der Waals surface area contributed by atoms with Crippen molar-refractivity contribution in [2.24, 2.45) is 5.92 Å². The fraction of sp³-hybridized carbons (Fsp3) is 0.500. The van der Waals surface area contributed by atoms with Gasteiger partial charge in [-0.25, -0.2) is 4.39 Å². The number of aliphatic hydroxyl groups is 1. The van der Waals surface area contributed by atoms with Crippen LogP contribution in [0.25, 0.3) is 0 Å². The van der Waals surface area contributed by atoms with Crippen LogP contribution in [0.4, 0.5) is 4.39 Å². The topological polar surface area (TPSA) is 58.6 Å². The van der Waals surface area contributed by atoms with Crippen molar-refractivity contribution < 1.29 is 19.0 Å². The third-order valence-corrected chi connectivity index (χ3v) is 3.18. The van der Waals surface area contributed by atoms with E-state index in [-0.39, 0.29) is 30.0 Å². The number of hydrogen-bond donors (Lipinski definition) is 2. The van der Waals surface area contributed by atoms with E-state index in [2.05, 4.69) is 5.32 Å². The molecule has 1 aliphatic rings. The molecule has 4 nitrogen and oxygen atoms in total. The van der Waals surface area contributed by atoms with E-state index < -0.39 is 11.9 Å². The van der Waals surface area contributed by atoms with E-state index in [4.69, 9.17) is 4.74 Å². The van der Waals surface area contributed by atoms with Gasteiger partial charge in [0.2, 0.25) is 5.91 Å². The van der Waals surface area contributed by atoms with E-state index in [0.717, 1.165) is 6.42 Å². The summed E-state index contributed by atoms with van der Waals surface area (Å²) in [5, 5.41) is 12.5. The summed E-state index contributed by atoms with van der Waals surface area (Å²) in [6.45, 7) is 2.48. The lowest BCUT2D eigenvalue weighted by molar-refractivity contribution is -0.123. The Morgan fingerprint density at radius 2 is 2.32 bits per heavy atom. The second kappa shape index (κ2) is 6.12. The van der Waals surface area contributed by atoms with Crippen molar-refractivity contribution >= 4 is 5.91 Å². The van der Waals surface area contributed by atoms with Gasteiger partial charge in [-0.15, -0.1) is 0 Å². The molecule has 1 aromatic rings. The quantitative estimate of drug-likeness (QED) is 0.819. The number of nitrogens with one attached hydrogen (secondary N) is 1. The number of aliphatic hydroxyl groups excluding tert-OH is 1. The molecule has 0 radical (unpaired) electrons. The molecule has 1 amide bonds. The molecule has 3 unspecified atom stereocenters. The van der Waals surface area contributed by atoms with Crippen LogP contribution in [0.3, 0.4) is 0 Å². The Morgan fingerprint density at radius 3 is 3.00 bits per heavy atom. The second-order valence-corrected chi connectivity index (χ2v) is 4.62. The molecule has 0 aromatic heterocycles. The maximum atomic E-state index is 13.4. The molecule has 1 aliphatic carbocycles. The number of benzene rings is 1. The van der Waals surface area contributed by atoms with Gasteiger partial charge < -0.3 is 15.2 Å². The van der Waals surface area contributed by atoms with Gasteiger partial charge in [0.15, 0.2) is 0 Å². The highest BCUT2D eigenvalue weighted by atomic mass is 19.1. The molecule has 2 rings (SSSR count). The van der Waals surface area contributed by atoms with Crippen LogP contribution in [-0.2, 0) is 9.53 Å². The highest BCUT2D eigenvalue weighted by Gasteiger charge is 2.43. The Bertz CT molecular complexity index is 452. The zero-order valence-corrected chi connectivity index (χ0v) is 10.8. The number of amides is 1. The summed E-state index contributed by atoms with van der Waals surface area (Å²) >= 11 is 0. The highest BCUT2D eigenvalue weighted by molar-refractivity contribution is 5.82.